The molecular weight excluding hydrogens is 449 g/mol. The lowest BCUT2D eigenvalue weighted by Gasteiger charge is -2.26. The van der Waals surface area contributed by atoms with Crippen molar-refractivity contribution in [3.63, 3.8) is 0 Å². The van der Waals surface area contributed by atoms with Gasteiger partial charge in [0.1, 0.15) is 0 Å². The number of halogens is 3. The first-order valence-electron chi connectivity index (χ1n) is 9.78. The Kier molecular flexibility index (Phi) is 9.58. The minimum atomic E-state index is -4.64. The van der Waals surface area contributed by atoms with Crippen LogP contribution in [0.2, 0.25) is 0 Å². The van der Waals surface area contributed by atoms with Gasteiger partial charge in [-0.1, -0.05) is 79.5 Å². The lowest BCUT2D eigenvalue weighted by atomic mass is 10.0. The molecule has 0 N–H and O–H groups in total. The van der Waals surface area contributed by atoms with E-state index in [1.165, 1.54) is 13.8 Å². The van der Waals surface area contributed by atoms with Crippen LogP contribution in [0.3, 0.4) is 0 Å². The predicted octanol–water partition coefficient (Wildman–Crippen LogP) is 8.61. The first kappa shape index (κ1) is 25.1. The zero-order valence-corrected chi connectivity index (χ0v) is 19.7. The molecular formula is C22H26ClF2O3PS. The highest BCUT2D eigenvalue weighted by atomic mass is 35.5. The summed E-state index contributed by atoms with van der Waals surface area (Å²) in [5.41, 5.74) is 2.66. The quantitative estimate of drug-likeness (QED) is 0.305. The van der Waals surface area contributed by atoms with Gasteiger partial charge in [-0.3, -0.25) is 4.57 Å². The van der Waals surface area contributed by atoms with Crippen molar-refractivity contribution in [3.05, 3.63) is 65.1 Å². The number of hydrogen-bond acceptors (Lipinski definition) is 4. The van der Waals surface area contributed by atoms with Crippen molar-refractivity contribution in [1.29, 1.82) is 0 Å². The van der Waals surface area contributed by atoms with Crippen LogP contribution in [0.25, 0.3) is 16.2 Å². The Morgan fingerprint density at radius 2 is 1.50 bits per heavy atom. The second-order valence-electron chi connectivity index (χ2n) is 6.35. The molecule has 2 aromatic carbocycles. The summed E-state index contributed by atoms with van der Waals surface area (Å²) in [4.78, 5) is -3.51. The van der Waals surface area contributed by atoms with Gasteiger partial charge in [0, 0.05) is 4.91 Å². The SMILES string of the molecule is CCC/C(SC(F)(F)P(=O)(OCC)OCC)=C(\Cl)c1ccc(-c2ccccc2)cc1. The first-order chi connectivity index (χ1) is 14.3. The highest BCUT2D eigenvalue weighted by molar-refractivity contribution is 8.09. The van der Waals surface area contributed by atoms with Crippen LogP contribution in [0.15, 0.2) is 59.5 Å². The molecule has 0 unspecified atom stereocenters. The molecule has 3 nitrogen and oxygen atoms in total. The van der Waals surface area contributed by atoms with Gasteiger partial charge < -0.3 is 9.05 Å². The van der Waals surface area contributed by atoms with Crippen LogP contribution in [-0.4, -0.2) is 18.2 Å². The van der Waals surface area contributed by atoms with E-state index in [0.717, 1.165) is 11.1 Å². The molecule has 0 aromatic heterocycles. The molecule has 2 aromatic rings. The molecule has 0 heterocycles. The minimum Gasteiger partial charge on any atom is -0.304 e. The molecule has 0 aliphatic rings. The topological polar surface area (TPSA) is 35.5 Å². The molecule has 0 fully saturated rings. The van der Waals surface area contributed by atoms with Crippen molar-refractivity contribution in [2.75, 3.05) is 13.2 Å². The number of allylic oxidation sites excluding steroid dienone is 1. The van der Waals surface area contributed by atoms with E-state index in [0.29, 0.717) is 18.4 Å². The van der Waals surface area contributed by atoms with Crippen LogP contribution in [0.5, 0.6) is 0 Å². The number of rotatable bonds is 11. The molecule has 0 aliphatic carbocycles. The van der Waals surface area contributed by atoms with Crippen molar-refractivity contribution in [2.45, 2.75) is 38.6 Å². The lowest BCUT2D eigenvalue weighted by molar-refractivity contribution is 0.112. The van der Waals surface area contributed by atoms with E-state index in [2.05, 4.69) is 0 Å². The fourth-order valence-corrected chi connectivity index (χ4v) is 6.06. The fraction of sp³-hybridized carbons (Fsp3) is 0.364. The normalized spacial score (nSPS) is 13.3. The predicted molar refractivity (Wildman–Crippen MR) is 123 cm³/mol. The van der Waals surface area contributed by atoms with Crippen LogP contribution >= 0.6 is 31.0 Å². The van der Waals surface area contributed by atoms with E-state index >= 15 is 0 Å². The van der Waals surface area contributed by atoms with E-state index in [1.54, 1.807) is 12.1 Å². The van der Waals surface area contributed by atoms with E-state index in [9.17, 15) is 13.3 Å². The van der Waals surface area contributed by atoms with Gasteiger partial charge in [-0.25, -0.2) is 0 Å². The standard InChI is InChI=1S/C22H26ClF2O3PS/c1-4-10-20(30-22(24,25)29(26,27-5-2)28-6-3)21(23)19-15-13-18(14-16-19)17-11-8-7-9-12-17/h7-9,11-16H,4-6,10H2,1-3H3/b21-20+. The summed E-state index contributed by atoms with van der Waals surface area (Å²) in [5.74, 6) is 0. The molecule has 0 atom stereocenters. The number of benzene rings is 2. The van der Waals surface area contributed by atoms with E-state index in [1.807, 2.05) is 49.4 Å². The van der Waals surface area contributed by atoms with Crippen molar-refractivity contribution in [3.8, 4) is 11.1 Å². The van der Waals surface area contributed by atoms with Gasteiger partial charge in [-0.2, -0.15) is 8.78 Å². The Hall–Kier alpha value is -1.17. The van der Waals surface area contributed by atoms with E-state index in [-0.39, 0.29) is 34.9 Å². The summed E-state index contributed by atoms with van der Waals surface area (Å²) in [5, 5.41) is 0.209. The van der Waals surface area contributed by atoms with Gasteiger partial charge >= 0.3 is 12.6 Å². The molecule has 164 valence electrons. The Morgan fingerprint density at radius 1 is 0.967 bits per heavy atom. The van der Waals surface area contributed by atoms with Crippen molar-refractivity contribution >= 4 is 36.0 Å². The number of alkyl halides is 2. The second kappa shape index (κ2) is 11.4. The van der Waals surface area contributed by atoms with Gasteiger partial charge in [0.25, 0.3) is 0 Å². The van der Waals surface area contributed by atoms with Crippen molar-refractivity contribution in [2.24, 2.45) is 0 Å². The largest absolute Gasteiger partial charge is 0.410 e. The Morgan fingerprint density at radius 3 is 2.00 bits per heavy atom. The average molecular weight is 475 g/mol. The molecule has 8 heteroatoms. The zero-order chi connectivity index (χ0) is 22.2. The monoisotopic (exact) mass is 474 g/mol. The average Bonchev–Trinajstić information content (AvgIpc) is 2.74. The molecule has 2 rings (SSSR count). The molecule has 0 amide bonds. The van der Waals surface area contributed by atoms with Crippen molar-refractivity contribution in [1.82, 2.24) is 0 Å². The van der Waals surface area contributed by atoms with Gasteiger partial charge in [0.2, 0.25) is 0 Å². The van der Waals surface area contributed by atoms with Gasteiger partial charge in [0.15, 0.2) is 0 Å². The minimum absolute atomic E-state index is 0.144. The highest BCUT2D eigenvalue weighted by Gasteiger charge is 2.55. The first-order valence-corrected chi connectivity index (χ1v) is 12.5. The molecule has 30 heavy (non-hydrogen) atoms. The second-order valence-corrected chi connectivity index (χ2v) is 10.3. The smallest absolute Gasteiger partial charge is 0.304 e. The van der Waals surface area contributed by atoms with E-state index < -0.39 is 12.6 Å². The molecule has 0 spiro atoms. The Balaban J connectivity index is 2.36. The molecule has 0 saturated heterocycles. The Labute approximate surface area is 186 Å². The molecule has 0 bridgehead atoms. The number of hydrogen-bond donors (Lipinski definition) is 0. The van der Waals surface area contributed by atoms with Gasteiger partial charge in [-0.05, 0) is 48.7 Å². The lowest BCUT2D eigenvalue weighted by Crippen LogP contribution is -2.17. The van der Waals surface area contributed by atoms with Crippen LogP contribution in [0.1, 0.15) is 39.2 Å². The maximum Gasteiger partial charge on any atom is 0.410 e. The maximum absolute atomic E-state index is 14.9. The summed E-state index contributed by atoms with van der Waals surface area (Å²) < 4.78 is 52.3. The number of thioether (sulfide) groups is 1. The fourth-order valence-electron chi connectivity index (χ4n) is 2.76. The third kappa shape index (κ3) is 6.18. The highest BCUT2D eigenvalue weighted by Crippen LogP contribution is 2.68. The summed E-state index contributed by atoms with van der Waals surface area (Å²) in [6.07, 6.45) is 0.919. The van der Waals surface area contributed by atoms with Gasteiger partial charge in [0.05, 0.1) is 18.2 Å². The third-order valence-electron chi connectivity index (χ3n) is 4.13. The van der Waals surface area contributed by atoms with Crippen LogP contribution < -0.4 is 0 Å². The maximum atomic E-state index is 14.9. The van der Waals surface area contributed by atoms with Crippen LogP contribution in [-0.2, 0) is 13.6 Å². The zero-order valence-electron chi connectivity index (χ0n) is 17.2. The third-order valence-corrected chi connectivity index (χ3v) is 8.37. The van der Waals surface area contributed by atoms with Crippen LogP contribution in [0, 0.1) is 0 Å². The summed E-state index contributed by atoms with van der Waals surface area (Å²) in [7, 11) is -4.64. The molecule has 0 aliphatic heterocycles. The van der Waals surface area contributed by atoms with Gasteiger partial charge in [-0.15, -0.1) is 0 Å². The van der Waals surface area contributed by atoms with Crippen molar-refractivity contribution < 1.29 is 22.4 Å². The Bertz CT molecular complexity index is 879. The van der Waals surface area contributed by atoms with Crippen LogP contribution in [0.4, 0.5) is 8.78 Å². The molecule has 0 radical (unpaired) electrons. The molecule has 0 saturated carbocycles. The summed E-state index contributed by atoms with van der Waals surface area (Å²) >= 11 is 6.68. The summed E-state index contributed by atoms with van der Waals surface area (Å²) in [6, 6.07) is 17.2. The van der Waals surface area contributed by atoms with E-state index in [4.69, 9.17) is 20.6 Å². The summed E-state index contributed by atoms with van der Waals surface area (Å²) in [6.45, 7) is 4.57.